The molecule has 10 heavy (non-hydrogen) atoms. The lowest BCUT2D eigenvalue weighted by atomic mass is 10.1. The van der Waals surface area contributed by atoms with Crippen molar-refractivity contribution in [2.75, 3.05) is 0 Å². The van der Waals surface area contributed by atoms with Crippen molar-refractivity contribution < 1.29 is 4.79 Å². The molecule has 0 aromatic carbocycles. The SMILES string of the molecule is C=CNC(=O)C(C)CCC. The van der Waals surface area contributed by atoms with Gasteiger partial charge in [0.05, 0.1) is 0 Å². The molecule has 0 heterocycles. The molecule has 1 amide bonds. The lowest BCUT2D eigenvalue weighted by Crippen LogP contribution is -2.23. The van der Waals surface area contributed by atoms with Gasteiger partial charge in [0.2, 0.25) is 5.91 Å². The van der Waals surface area contributed by atoms with Crippen LogP contribution in [0.2, 0.25) is 0 Å². The van der Waals surface area contributed by atoms with Gasteiger partial charge in [-0.3, -0.25) is 4.79 Å². The molecule has 0 aliphatic heterocycles. The molecule has 0 saturated heterocycles. The second-order valence-electron chi connectivity index (χ2n) is 2.40. The number of hydrogen-bond donors (Lipinski definition) is 1. The Kier molecular flexibility index (Phi) is 4.63. The van der Waals surface area contributed by atoms with E-state index in [1.54, 1.807) is 0 Å². The third-order valence-corrected chi connectivity index (χ3v) is 1.41. The van der Waals surface area contributed by atoms with Gasteiger partial charge in [0.15, 0.2) is 0 Å². The van der Waals surface area contributed by atoms with Crippen molar-refractivity contribution in [3.8, 4) is 0 Å². The molecule has 2 heteroatoms. The molecule has 1 unspecified atom stereocenters. The van der Waals surface area contributed by atoms with Gasteiger partial charge in [-0.15, -0.1) is 0 Å². The summed E-state index contributed by atoms with van der Waals surface area (Å²) < 4.78 is 0. The van der Waals surface area contributed by atoms with E-state index < -0.39 is 0 Å². The number of hydrogen-bond acceptors (Lipinski definition) is 1. The van der Waals surface area contributed by atoms with Crippen LogP contribution in [0, 0.1) is 5.92 Å². The van der Waals surface area contributed by atoms with Crippen LogP contribution in [0.3, 0.4) is 0 Å². The maximum atomic E-state index is 11.0. The average Bonchev–Trinajstić information content (AvgIpc) is 1.89. The highest BCUT2D eigenvalue weighted by molar-refractivity contribution is 5.78. The number of carbonyl (C=O) groups is 1. The molecule has 0 radical (unpaired) electrons. The van der Waals surface area contributed by atoms with Crippen LogP contribution in [0.4, 0.5) is 0 Å². The van der Waals surface area contributed by atoms with Gasteiger partial charge >= 0.3 is 0 Å². The van der Waals surface area contributed by atoms with Crippen molar-refractivity contribution in [3.63, 3.8) is 0 Å². The van der Waals surface area contributed by atoms with E-state index in [2.05, 4.69) is 18.8 Å². The summed E-state index contributed by atoms with van der Waals surface area (Å²) in [7, 11) is 0. The molecule has 0 aliphatic rings. The molecule has 0 aliphatic carbocycles. The lowest BCUT2D eigenvalue weighted by Gasteiger charge is -2.06. The Bertz CT molecular complexity index is 120. The minimum atomic E-state index is 0.0665. The van der Waals surface area contributed by atoms with Crippen molar-refractivity contribution in [3.05, 3.63) is 12.8 Å². The summed E-state index contributed by atoms with van der Waals surface area (Å²) in [5.74, 6) is 0.180. The van der Waals surface area contributed by atoms with Crippen molar-refractivity contribution in [2.24, 2.45) is 5.92 Å². The quantitative estimate of drug-likeness (QED) is 0.634. The molecule has 2 nitrogen and oxygen atoms in total. The van der Waals surface area contributed by atoms with E-state index in [0.717, 1.165) is 12.8 Å². The summed E-state index contributed by atoms with van der Waals surface area (Å²) in [5.41, 5.74) is 0. The zero-order valence-electron chi connectivity index (χ0n) is 6.68. The second kappa shape index (κ2) is 5.03. The molecule has 1 atom stereocenters. The fourth-order valence-electron chi connectivity index (χ4n) is 0.807. The molecule has 0 aromatic heterocycles. The standard InChI is InChI=1S/C8H15NO/c1-4-6-7(3)8(10)9-5-2/h5,7H,2,4,6H2,1,3H3,(H,9,10). The Labute approximate surface area is 62.3 Å². The van der Waals surface area contributed by atoms with E-state index in [9.17, 15) is 4.79 Å². The summed E-state index contributed by atoms with van der Waals surface area (Å²) in [6.07, 6.45) is 3.42. The van der Waals surface area contributed by atoms with Gasteiger partial charge in [-0.1, -0.05) is 26.8 Å². The highest BCUT2D eigenvalue weighted by Crippen LogP contribution is 2.03. The first kappa shape index (κ1) is 9.21. The molecule has 0 fully saturated rings. The number of nitrogens with one attached hydrogen (secondary N) is 1. The summed E-state index contributed by atoms with van der Waals surface area (Å²) in [5, 5.41) is 2.56. The molecule has 58 valence electrons. The molecular formula is C8H15NO. The van der Waals surface area contributed by atoms with E-state index in [1.165, 1.54) is 6.20 Å². The monoisotopic (exact) mass is 141 g/mol. The highest BCUT2D eigenvalue weighted by atomic mass is 16.1. The van der Waals surface area contributed by atoms with Crippen LogP contribution >= 0.6 is 0 Å². The Morgan fingerprint density at radius 2 is 2.40 bits per heavy atom. The third-order valence-electron chi connectivity index (χ3n) is 1.41. The van der Waals surface area contributed by atoms with Gasteiger partial charge in [0.1, 0.15) is 0 Å². The molecule has 0 saturated carbocycles. The fourth-order valence-corrected chi connectivity index (χ4v) is 0.807. The smallest absolute Gasteiger partial charge is 0.226 e. The fraction of sp³-hybridized carbons (Fsp3) is 0.625. The summed E-state index contributed by atoms with van der Waals surface area (Å²) in [6.45, 7) is 7.40. The maximum Gasteiger partial charge on any atom is 0.226 e. The van der Waals surface area contributed by atoms with Crippen molar-refractivity contribution >= 4 is 5.91 Å². The van der Waals surface area contributed by atoms with Crippen LogP contribution in [-0.2, 0) is 4.79 Å². The van der Waals surface area contributed by atoms with Crippen molar-refractivity contribution in [1.82, 2.24) is 5.32 Å². The Balaban J connectivity index is 3.58. The van der Waals surface area contributed by atoms with Crippen LogP contribution in [0.1, 0.15) is 26.7 Å². The predicted octanol–water partition coefficient (Wildman–Crippen LogP) is 1.68. The van der Waals surface area contributed by atoms with Crippen LogP contribution < -0.4 is 5.32 Å². The topological polar surface area (TPSA) is 29.1 Å². The van der Waals surface area contributed by atoms with Crippen LogP contribution in [0.25, 0.3) is 0 Å². The number of amides is 1. The molecular weight excluding hydrogens is 126 g/mol. The summed E-state index contributed by atoms with van der Waals surface area (Å²) in [4.78, 5) is 11.0. The first-order chi connectivity index (χ1) is 4.72. The number of carbonyl (C=O) groups excluding carboxylic acids is 1. The van der Waals surface area contributed by atoms with Crippen LogP contribution in [-0.4, -0.2) is 5.91 Å². The number of rotatable bonds is 4. The Morgan fingerprint density at radius 3 is 2.80 bits per heavy atom. The van der Waals surface area contributed by atoms with E-state index in [-0.39, 0.29) is 11.8 Å². The third kappa shape index (κ3) is 3.28. The van der Waals surface area contributed by atoms with E-state index >= 15 is 0 Å². The molecule has 1 N–H and O–H groups in total. The van der Waals surface area contributed by atoms with Crippen LogP contribution in [0.15, 0.2) is 12.8 Å². The maximum absolute atomic E-state index is 11.0. The van der Waals surface area contributed by atoms with E-state index in [4.69, 9.17) is 0 Å². The minimum Gasteiger partial charge on any atom is -0.333 e. The van der Waals surface area contributed by atoms with Gasteiger partial charge < -0.3 is 5.32 Å². The second-order valence-corrected chi connectivity index (χ2v) is 2.40. The van der Waals surface area contributed by atoms with Gasteiger partial charge in [-0.25, -0.2) is 0 Å². The van der Waals surface area contributed by atoms with Crippen LogP contribution in [0.5, 0.6) is 0 Å². The first-order valence-electron chi connectivity index (χ1n) is 3.63. The van der Waals surface area contributed by atoms with Gasteiger partial charge in [-0.2, -0.15) is 0 Å². The molecule has 0 aromatic rings. The molecule has 0 spiro atoms. The Hall–Kier alpha value is -0.790. The highest BCUT2D eigenvalue weighted by Gasteiger charge is 2.08. The Morgan fingerprint density at radius 1 is 1.80 bits per heavy atom. The van der Waals surface area contributed by atoms with Gasteiger partial charge in [0, 0.05) is 5.92 Å². The van der Waals surface area contributed by atoms with E-state index in [1.807, 2.05) is 6.92 Å². The zero-order valence-corrected chi connectivity index (χ0v) is 6.68. The zero-order chi connectivity index (χ0) is 7.98. The van der Waals surface area contributed by atoms with E-state index in [0.29, 0.717) is 0 Å². The molecule has 0 rings (SSSR count). The lowest BCUT2D eigenvalue weighted by molar-refractivity contribution is -0.123. The summed E-state index contributed by atoms with van der Waals surface area (Å²) in [6, 6.07) is 0. The average molecular weight is 141 g/mol. The van der Waals surface area contributed by atoms with Crippen molar-refractivity contribution in [2.45, 2.75) is 26.7 Å². The van der Waals surface area contributed by atoms with Gasteiger partial charge in [0.25, 0.3) is 0 Å². The molecule has 0 bridgehead atoms. The van der Waals surface area contributed by atoms with Crippen molar-refractivity contribution in [1.29, 1.82) is 0 Å². The first-order valence-corrected chi connectivity index (χ1v) is 3.63. The van der Waals surface area contributed by atoms with Gasteiger partial charge in [-0.05, 0) is 12.6 Å². The summed E-state index contributed by atoms with van der Waals surface area (Å²) >= 11 is 0. The minimum absolute atomic E-state index is 0.0665. The largest absolute Gasteiger partial charge is 0.333 e. The normalized spacial score (nSPS) is 12.2. The predicted molar refractivity (Wildman–Crippen MR) is 42.4 cm³/mol.